The number of aromatic nitrogens is 2. The summed E-state index contributed by atoms with van der Waals surface area (Å²) in [4.78, 5) is 32.5. The van der Waals surface area contributed by atoms with Crippen LogP contribution in [0.4, 0.5) is 11.4 Å². The van der Waals surface area contributed by atoms with Crippen LogP contribution >= 0.6 is 11.6 Å². The van der Waals surface area contributed by atoms with E-state index in [1.54, 1.807) is 24.3 Å². The van der Waals surface area contributed by atoms with Crippen molar-refractivity contribution in [2.24, 2.45) is 0 Å². The average molecular weight is 446 g/mol. The standard InChI is InChI=1S/C19H16ClN5O6/c20-17-9-15(24(27)28)5-6-18(17)31-12-13-1-3-14(4-2-13)19(26)21-7-8-23-11-16(10-22-23)25(29)30/h1-6,9-11H,7-8,12H2,(H,21,26). The number of rotatable bonds is 9. The molecule has 0 atom stereocenters. The summed E-state index contributed by atoms with van der Waals surface area (Å²) in [6, 6.07) is 10.6. The molecular formula is C19H16ClN5O6. The summed E-state index contributed by atoms with van der Waals surface area (Å²) in [7, 11) is 0. The summed E-state index contributed by atoms with van der Waals surface area (Å²) in [5.41, 5.74) is 0.969. The minimum absolute atomic E-state index is 0.112. The van der Waals surface area contributed by atoms with Crippen molar-refractivity contribution < 1.29 is 19.4 Å². The smallest absolute Gasteiger partial charge is 0.306 e. The Balaban J connectivity index is 1.49. The van der Waals surface area contributed by atoms with E-state index >= 15 is 0 Å². The van der Waals surface area contributed by atoms with E-state index in [0.29, 0.717) is 17.9 Å². The van der Waals surface area contributed by atoms with Crippen molar-refractivity contribution in [1.29, 1.82) is 0 Å². The van der Waals surface area contributed by atoms with Gasteiger partial charge in [0.2, 0.25) is 0 Å². The topological polar surface area (TPSA) is 142 Å². The Labute approximate surface area is 180 Å². The highest BCUT2D eigenvalue weighted by molar-refractivity contribution is 6.32. The maximum atomic E-state index is 12.2. The third kappa shape index (κ3) is 5.76. The highest BCUT2D eigenvalue weighted by Crippen LogP contribution is 2.29. The predicted octanol–water partition coefficient (Wildman–Crippen LogP) is 3.36. The number of halogens is 1. The third-order valence-corrected chi connectivity index (χ3v) is 4.49. The van der Waals surface area contributed by atoms with Gasteiger partial charge in [-0.25, -0.2) is 0 Å². The molecule has 31 heavy (non-hydrogen) atoms. The number of carbonyl (C=O) groups excluding carboxylic acids is 1. The number of hydrogen-bond donors (Lipinski definition) is 1. The molecular weight excluding hydrogens is 430 g/mol. The molecule has 0 aliphatic rings. The van der Waals surface area contributed by atoms with E-state index in [2.05, 4.69) is 10.4 Å². The van der Waals surface area contributed by atoms with Gasteiger partial charge >= 0.3 is 5.69 Å². The van der Waals surface area contributed by atoms with Gasteiger partial charge in [-0.05, 0) is 23.8 Å². The van der Waals surface area contributed by atoms with E-state index in [0.717, 1.165) is 11.8 Å². The van der Waals surface area contributed by atoms with Crippen LogP contribution in [0, 0.1) is 20.2 Å². The van der Waals surface area contributed by atoms with E-state index < -0.39 is 9.85 Å². The second-order valence-corrected chi connectivity index (χ2v) is 6.74. The molecule has 0 saturated heterocycles. The number of nitrogens with zero attached hydrogens (tertiary/aromatic N) is 4. The Kier molecular flexibility index (Phi) is 6.78. The summed E-state index contributed by atoms with van der Waals surface area (Å²) in [5.74, 6) is 0.0143. The van der Waals surface area contributed by atoms with Gasteiger partial charge in [0.15, 0.2) is 0 Å². The molecule has 160 valence electrons. The monoisotopic (exact) mass is 445 g/mol. The maximum Gasteiger partial charge on any atom is 0.306 e. The number of carbonyl (C=O) groups is 1. The number of nitrogens with one attached hydrogen (secondary N) is 1. The molecule has 0 aliphatic heterocycles. The first kappa shape index (κ1) is 21.7. The van der Waals surface area contributed by atoms with Crippen molar-refractivity contribution >= 4 is 28.9 Å². The average Bonchev–Trinajstić information content (AvgIpc) is 3.22. The molecule has 1 aromatic heterocycles. The van der Waals surface area contributed by atoms with Crippen LogP contribution < -0.4 is 10.1 Å². The normalized spacial score (nSPS) is 10.5. The number of amides is 1. The lowest BCUT2D eigenvalue weighted by atomic mass is 10.1. The summed E-state index contributed by atoms with van der Waals surface area (Å²) >= 11 is 5.99. The third-order valence-electron chi connectivity index (χ3n) is 4.19. The highest BCUT2D eigenvalue weighted by atomic mass is 35.5. The van der Waals surface area contributed by atoms with Gasteiger partial charge in [-0.1, -0.05) is 23.7 Å². The molecule has 3 rings (SSSR count). The van der Waals surface area contributed by atoms with Crippen molar-refractivity contribution in [1.82, 2.24) is 15.1 Å². The molecule has 3 aromatic rings. The summed E-state index contributed by atoms with van der Waals surface area (Å²) < 4.78 is 6.96. The van der Waals surface area contributed by atoms with Crippen LogP contribution in [0.2, 0.25) is 5.02 Å². The van der Waals surface area contributed by atoms with Gasteiger partial charge in [0.25, 0.3) is 11.6 Å². The number of non-ortho nitro benzene ring substituents is 1. The molecule has 0 fully saturated rings. The van der Waals surface area contributed by atoms with Crippen LogP contribution in [0.25, 0.3) is 0 Å². The van der Waals surface area contributed by atoms with Gasteiger partial charge in [0.1, 0.15) is 24.8 Å². The molecule has 11 nitrogen and oxygen atoms in total. The highest BCUT2D eigenvalue weighted by Gasteiger charge is 2.11. The van der Waals surface area contributed by atoms with Crippen LogP contribution in [0.15, 0.2) is 54.9 Å². The van der Waals surface area contributed by atoms with E-state index in [-0.39, 0.29) is 35.5 Å². The molecule has 1 N–H and O–H groups in total. The summed E-state index contributed by atoms with van der Waals surface area (Å²) in [6.45, 7) is 0.709. The lowest BCUT2D eigenvalue weighted by Gasteiger charge is -2.09. The first-order valence-electron chi connectivity index (χ1n) is 8.94. The van der Waals surface area contributed by atoms with Gasteiger partial charge in [0, 0.05) is 24.2 Å². The molecule has 0 saturated carbocycles. The molecule has 0 radical (unpaired) electrons. The fourth-order valence-corrected chi connectivity index (χ4v) is 2.82. The number of nitro benzene ring substituents is 1. The fraction of sp³-hybridized carbons (Fsp3) is 0.158. The predicted molar refractivity (Wildman–Crippen MR) is 110 cm³/mol. The van der Waals surface area contributed by atoms with Crippen molar-refractivity contribution in [3.05, 3.63) is 91.2 Å². The van der Waals surface area contributed by atoms with E-state index in [1.165, 1.54) is 29.1 Å². The second-order valence-electron chi connectivity index (χ2n) is 6.33. The number of ether oxygens (including phenoxy) is 1. The number of hydrogen-bond acceptors (Lipinski definition) is 7. The second kappa shape index (κ2) is 9.67. The molecule has 0 bridgehead atoms. The minimum Gasteiger partial charge on any atom is -0.487 e. The van der Waals surface area contributed by atoms with Gasteiger partial charge in [0.05, 0.1) is 21.4 Å². The molecule has 0 aliphatic carbocycles. The Bertz CT molecular complexity index is 1120. The Hall–Kier alpha value is -3.99. The molecule has 1 heterocycles. The SMILES string of the molecule is O=C(NCCn1cc([N+](=O)[O-])cn1)c1ccc(COc2ccc([N+](=O)[O-])cc2Cl)cc1. The van der Waals surface area contributed by atoms with Crippen LogP contribution in [0.1, 0.15) is 15.9 Å². The zero-order valence-corrected chi connectivity index (χ0v) is 16.7. The Morgan fingerprint density at radius 1 is 1.10 bits per heavy atom. The van der Waals surface area contributed by atoms with Crippen LogP contribution in [0.5, 0.6) is 5.75 Å². The van der Waals surface area contributed by atoms with Gasteiger partial charge in [-0.3, -0.25) is 29.7 Å². The summed E-state index contributed by atoms with van der Waals surface area (Å²) in [5, 5.41) is 28.1. The first-order valence-corrected chi connectivity index (χ1v) is 9.32. The molecule has 1 amide bonds. The van der Waals surface area contributed by atoms with Gasteiger partial charge in [-0.2, -0.15) is 5.10 Å². The van der Waals surface area contributed by atoms with Crippen molar-refractivity contribution in [2.45, 2.75) is 13.2 Å². The maximum absolute atomic E-state index is 12.2. The Morgan fingerprint density at radius 2 is 1.81 bits per heavy atom. The first-order chi connectivity index (χ1) is 14.8. The van der Waals surface area contributed by atoms with E-state index in [9.17, 15) is 25.0 Å². The molecule has 2 aromatic carbocycles. The fourth-order valence-electron chi connectivity index (χ4n) is 2.59. The molecule has 0 spiro atoms. The van der Waals surface area contributed by atoms with Crippen LogP contribution in [-0.2, 0) is 13.2 Å². The van der Waals surface area contributed by atoms with Gasteiger partial charge in [-0.15, -0.1) is 0 Å². The van der Waals surface area contributed by atoms with E-state index in [1.807, 2.05) is 0 Å². The quantitative estimate of drug-likeness (QED) is 0.393. The number of benzene rings is 2. The molecule has 12 heteroatoms. The minimum atomic E-state index is -0.543. The van der Waals surface area contributed by atoms with E-state index in [4.69, 9.17) is 16.3 Å². The van der Waals surface area contributed by atoms with Crippen LogP contribution in [-0.4, -0.2) is 32.1 Å². The largest absolute Gasteiger partial charge is 0.487 e. The van der Waals surface area contributed by atoms with Crippen molar-refractivity contribution in [3.8, 4) is 5.75 Å². The Morgan fingerprint density at radius 3 is 2.42 bits per heavy atom. The lowest BCUT2D eigenvalue weighted by molar-refractivity contribution is -0.385. The summed E-state index contributed by atoms with van der Waals surface area (Å²) in [6.07, 6.45) is 2.44. The lowest BCUT2D eigenvalue weighted by Crippen LogP contribution is -2.27. The zero-order chi connectivity index (χ0) is 22.4. The van der Waals surface area contributed by atoms with Crippen molar-refractivity contribution in [2.75, 3.05) is 6.54 Å². The number of nitro groups is 2. The molecule has 0 unspecified atom stereocenters. The van der Waals surface area contributed by atoms with Crippen LogP contribution in [0.3, 0.4) is 0 Å². The van der Waals surface area contributed by atoms with Crippen molar-refractivity contribution in [3.63, 3.8) is 0 Å². The zero-order valence-electron chi connectivity index (χ0n) is 15.9. The van der Waals surface area contributed by atoms with Gasteiger partial charge < -0.3 is 10.1 Å².